The summed E-state index contributed by atoms with van der Waals surface area (Å²) in [6, 6.07) is 5.64. The van der Waals surface area contributed by atoms with E-state index in [1.165, 1.54) is 0 Å². The molecule has 0 saturated carbocycles. The second kappa shape index (κ2) is 8.68. The fraction of sp³-hybridized carbons (Fsp3) is 0.609. The summed E-state index contributed by atoms with van der Waals surface area (Å²) < 4.78 is 6.09. The number of piperidine rings is 2. The number of carbonyl (C=O) groups excluding carboxylic acids is 3. The molecule has 1 aromatic carbocycles. The van der Waals surface area contributed by atoms with E-state index in [2.05, 4.69) is 16.0 Å². The summed E-state index contributed by atoms with van der Waals surface area (Å²) in [5.74, 6) is -0.172. The Morgan fingerprint density at radius 2 is 1.94 bits per heavy atom. The number of rotatable bonds is 5. The molecule has 0 aromatic heterocycles. The molecular formula is C23H30N4O4. The second-order valence-corrected chi connectivity index (χ2v) is 9.05. The van der Waals surface area contributed by atoms with Gasteiger partial charge in [0.05, 0.1) is 6.10 Å². The predicted octanol–water partition coefficient (Wildman–Crippen LogP) is 0.694. The molecule has 3 amide bonds. The van der Waals surface area contributed by atoms with Crippen molar-refractivity contribution in [1.29, 1.82) is 0 Å². The molecule has 4 aliphatic rings. The van der Waals surface area contributed by atoms with Gasteiger partial charge in [-0.05, 0) is 55.8 Å². The molecule has 8 nitrogen and oxygen atoms in total. The van der Waals surface area contributed by atoms with Gasteiger partial charge in [0.2, 0.25) is 11.8 Å². The lowest BCUT2D eigenvalue weighted by Crippen LogP contribution is -2.52. The lowest BCUT2D eigenvalue weighted by Gasteiger charge is -2.31. The van der Waals surface area contributed by atoms with Crippen molar-refractivity contribution in [3.63, 3.8) is 0 Å². The molecule has 0 bridgehead atoms. The van der Waals surface area contributed by atoms with Gasteiger partial charge < -0.3 is 20.3 Å². The molecule has 0 radical (unpaired) electrons. The standard InChI is InChI=1S/C23H30N4O4/c28-19-5-4-18(22(29)26-19)27-13-16-3-1-2-15(20(16)23(27)30)12-25-17-8-11-31-21(17)14-6-9-24-10-7-14/h1-3,14,17-18,21,24-25H,4-13H2,(H,26,28,29)/t17-,18?,21+/m1/s1. The van der Waals surface area contributed by atoms with E-state index in [4.69, 9.17) is 4.74 Å². The molecule has 8 heteroatoms. The van der Waals surface area contributed by atoms with Gasteiger partial charge in [-0.25, -0.2) is 0 Å². The van der Waals surface area contributed by atoms with Crippen molar-refractivity contribution >= 4 is 17.7 Å². The number of ether oxygens (including phenoxy) is 1. The molecule has 3 saturated heterocycles. The summed E-state index contributed by atoms with van der Waals surface area (Å²) in [6.45, 7) is 3.90. The minimum atomic E-state index is -0.578. The average molecular weight is 427 g/mol. The van der Waals surface area contributed by atoms with Gasteiger partial charge in [0, 0.05) is 37.7 Å². The first kappa shape index (κ1) is 20.6. The fourth-order valence-corrected chi connectivity index (χ4v) is 5.55. The van der Waals surface area contributed by atoms with Gasteiger partial charge in [-0.1, -0.05) is 18.2 Å². The van der Waals surface area contributed by atoms with Gasteiger partial charge in [0.1, 0.15) is 6.04 Å². The molecule has 4 heterocycles. The van der Waals surface area contributed by atoms with Crippen molar-refractivity contribution in [3.05, 3.63) is 34.9 Å². The maximum atomic E-state index is 13.3. The van der Waals surface area contributed by atoms with Crippen LogP contribution < -0.4 is 16.0 Å². The molecule has 4 aliphatic heterocycles. The summed E-state index contributed by atoms with van der Waals surface area (Å²) in [6.07, 6.45) is 4.15. The van der Waals surface area contributed by atoms with E-state index in [-0.39, 0.29) is 30.2 Å². The van der Waals surface area contributed by atoms with E-state index < -0.39 is 6.04 Å². The van der Waals surface area contributed by atoms with Crippen LogP contribution in [-0.2, 0) is 27.4 Å². The molecule has 3 N–H and O–H groups in total. The smallest absolute Gasteiger partial charge is 0.255 e. The highest BCUT2D eigenvalue weighted by atomic mass is 16.5. The van der Waals surface area contributed by atoms with Crippen LogP contribution in [0.5, 0.6) is 0 Å². The summed E-state index contributed by atoms with van der Waals surface area (Å²) in [5.41, 5.74) is 2.62. The van der Waals surface area contributed by atoms with Crippen LogP contribution >= 0.6 is 0 Å². The number of amides is 3. The number of hydrogen-bond acceptors (Lipinski definition) is 6. The Morgan fingerprint density at radius 3 is 2.74 bits per heavy atom. The topological polar surface area (TPSA) is 99.8 Å². The quantitative estimate of drug-likeness (QED) is 0.600. The molecule has 5 rings (SSSR count). The van der Waals surface area contributed by atoms with Crippen molar-refractivity contribution in [3.8, 4) is 0 Å². The molecule has 1 unspecified atom stereocenters. The van der Waals surface area contributed by atoms with Crippen LogP contribution in [0.15, 0.2) is 18.2 Å². The lowest BCUT2D eigenvalue weighted by molar-refractivity contribution is -0.136. The highest BCUT2D eigenvalue weighted by Gasteiger charge is 2.40. The van der Waals surface area contributed by atoms with Gasteiger partial charge in [0.15, 0.2) is 0 Å². The third-order valence-corrected chi connectivity index (χ3v) is 7.18. The molecule has 3 fully saturated rings. The zero-order chi connectivity index (χ0) is 21.4. The summed E-state index contributed by atoms with van der Waals surface area (Å²) >= 11 is 0. The van der Waals surface area contributed by atoms with Crippen molar-refractivity contribution in [2.75, 3.05) is 19.7 Å². The molecule has 3 atom stereocenters. The largest absolute Gasteiger partial charge is 0.376 e. The van der Waals surface area contributed by atoms with Crippen molar-refractivity contribution in [2.45, 2.75) is 63.4 Å². The van der Waals surface area contributed by atoms with E-state index >= 15 is 0 Å². The summed E-state index contributed by atoms with van der Waals surface area (Å²) in [7, 11) is 0. The Hall–Kier alpha value is -2.29. The Labute approximate surface area is 182 Å². The number of nitrogens with zero attached hydrogens (tertiary/aromatic N) is 1. The molecule has 0 aliphatic carbocycles. The number of fused-ring (bicyclic) bond motifs is 1. The highest BCUT2D eigenvalue weighted by molar-refractivity contribution is 6.05. The van der Waals surface area contributed by atoms with E-state index in [0.717, 1.165) is 50.1 Å². The Balaban J connectivity index is 1.28. The number of hydrogen-bond donors (Lipinski definition) is 3. The molecule has 1 aromatic rings. The Bertz CT molecular complexity index is 882. The minimum absolute atomic E-state index is 0.112. The monoisotopic (exact) mass is 426 g/mol. The van der Waals surface area contributed by atoms with Gasteiger partial charge in [-0.2, -0.15) is 0 Å². The summed E-state index contributed by atoms with van der Waals surface area (Å²) in [5, 5.41) is 9.44. The van der Waals surface area contributed by atoms with Crippen molar-refractivity contribution < 1.29 is 19.1 Å². The first-order chi connectivity index (χ1) is 15.1. The van der Waals surface area contributed by atoms with Crippen LogP contribution in [0.3, 0.4) is 0 Å². The third kappa shape index (κ3) is 4.00. The number of benzene rings is 1. The van der Waals surface area contributed by atoms with Crippen LogP contribution in [-0.4, -0.2) is 60.5 Å². The highest BCUT2D eigenvalue weighted by Crippen LogP contribution is 2.31. The molecular weight excluding hydrogens is 396 g/mol. The van der Waals surface area contributed by atoms with Crippen molar-refractivity contribution in [1.82, 2.24) is 20.9 Å². The minimum Gasteiger partial charge on any atom is -0.376 e. The second-order valence-electron chi connectivity index (χ2n) is 9.05. The van der Waals surface area contributed by atoms with Crippen LogP contribution in [0.25, 0.3) is 0 Å². The van der Waals surface area contributed by atoms with Gasteiger partial charge in [0.25, 0.3) is 5.91 Å². The van der Waals surface area contributed by atoms with Crippen LogP contribution in [0.2, 0.25) is 0 Å². The van der Waals surface area contributed by atoms with Gasteiger partial charge in [-0.15, -0.1) is 0 Å². The Morgan fingerprint density at radius 1 is 1.10 bits per heavy atom. The first-order valence-electron chi connectivity index (χ1n) is 11.4. The molecule has 0 spiro atoms. The number of nitrogens with one attached hydrogen (secondary N) is 3. The normalized spacial score (nSPS) is 29.4. The van der Waals surface area contributed by atoms with Crippen LogP contribution in [0, 0.1) is 5.92 Å². The Kier molecular flexibility index (Phi) is 5.77. The van der Waals surface area contributed by atoms with E-state index in [9.17, 15) is 14.4 Å². The third-order valence-electron chi connectivity index (χ3n) is 7.18. The number of carbonyl (C=O) groups is 3. The van der Waals surface area contributed by atoms with Crippen molar-refractivity contribution in [2.24, 2.45) is 5.92 Å². The number of imide groups is 1. The summed E-state index contributed by atoms with van der Waals surface area (Å²) in [4.78, 5) is 38.7. The van der Waals surface area contributed by atoms with Crippen LogP contribution in [0.1, 0.15) is 53.6 Å². The van der Waals surface area contributed by atoms with E-state index in [1.54, 1.807) is 4.90 Å². The van der Waals surface area contributed by atoms with Gasteiger partial charge >= 0.3 is 0 Å². The lowest BCUT2D eigenvalue weighted by atomic mass is 9.88. The predicted molar refractivity (Wildman–Crippen MR) is 113 cm³/mol. The SMILES string of the molecule is O=C1CCC(N2Cc3cccc(CN[C@@H]4CCO[C@H]4C4CCNCC4)c3C2=O)C(=O)N1. The average Bonchev–Trinajstić information content (AvgIpc) is 3.38. The molecule has 166 valence electrons. The fourth-order valence-electron chi connectivity index (χ4n) is 5.55. The van der Waals surface area contributed by atoms with Gasteiger partial charge in [-0.3, -0.25) is 19.7 Å². The first-order valence-corrected chi connectivity index (χ1v) is 11.4. The zero-order valence-electron chi connectivity index (χ0n) is 17.7. The van der Waals surface area contributed by atoms with Crippen LogP contribution in [0.4, 0.5) is 0 Å². The van der Waals surface area contributed by atoms with E-state index in [0.29, 0.717) is 37.0 Å². The maximum absolute atomic E-state index is 13.3. The molecule has 31 heavy (non-hydrogen) atoms. The zero-order valence-corrected chi connectivity index (χ0v) is 17.7. The van der Waals surface area contributed by atoms with E-state index in [1.807, 2.05) is 18.2 Å². The maximum Gasteiger partial charge on any atom is 0.255 e.